The third kappa shape index (κ3) is 7.12. The Balaban J connectivity index is 1.38. The van der Waals surface area contributed by atoms with E-state index in [1.165, 1.54) is 12.0 Å². The van der Waals surface area contributed by atoms with E-state index in [-0.39, 0.29) is 24.8 Å². The van der Waals surface area contributed by atoms with Crippen LogP contribution in [0.25, 0.3) is 0 Å². The number of nitrogens with one attached hydrogen (secondary N) is 1. The Hall–Kier alpha value is -3.77. The molecule has 3 rings (SSSR count). The van der Waals surface area contributed by atoms with E-state index in [9.17, 15) is 9.59 Å². The van der Waals surface area contributed by atoms with Gasteiger partial charge in [0.2, 0.25) is 11.8 Å². The third-order valence-corrected chi connectivity index (χ3v) is 5.42. The van der Waals surface area contributed by atoms with Crippen LogP contribution in [-0.2, 0) is 14.3 Å². The van der Waals surface area contributed by atoms with Gasteiger partial charge in [-0.2, -0.15) is 5.26 Å². The van der Waals surface area contributed by atoms with Crippen LogP contribution in [-0.4, -0.2) is 70.3 Å². The SMILES string of the molecule is COc1cc(C#N)ccc1OCCCC(=O)N(C)CC(=O)Nc1ccc(N2CCOCC2)cc1. The Morgan fingerprint density at radius 2 is 1.88 bits per heavy atom. The number of amides is 2. The van der Waals surface area contributed by atoms with Crippen molar-refractivity contribution in [1.29, 1.82) is 5.26 Å². The maximum absolute atomic E-state index is 12.4. The first kappa shape index (κ1) is 24.9. The Kier molecular flexibility index (Phi) is 9.12. The molecule has 1 heterocycles. The highest BCUT2D eigenvalue weighted by atomic mass is 16.5. The highest BCUT2D eigenvalue weighted by Crippen LogP contribution is 2.28. The van der Waals surface area contributed by atoms with Crippen molar-refractivity contribution >= 4 is 23.2 Å². The largest absolute Gasteiger partial charge is 0.493 e. The maximum atomic E-state index is 12.4. The molecule has 1 fully saturated rings. The van der Waals surface area contributed by atoms with Crippen molar-refractivity contribution in [3.05, 3.63) is 48.0 Å². The van der Waals surface area contributed by atoms with Crippen LogP contribution in [0.5, 0.6) is 11.5 Å². The fourth-order valence-electron chi connectivity index (χ4n) is 3.53. The number of morpholine rings is 1. The van der Waals surface area contributed by atoms with E-state index in [4.69, 9.17) is 19.5 Å². The number of rotatable bonds is 10. The van der Waals surface area contributed by atoms with Crippen LogP contribution >= 0.6 is 0 Å². The normalized spacial score (nSPS) is 13.0. The third-order valence-electron chi connectivity index (χ3n) is 5.42. The number of nitrogens with zero attached hydrogens (tertiary/aromatic N) is 3. The summed E-state index contributed by atoms with van der Waals surface area (Å²) in [5, 5.41) is 11.8. The molecule has 34 heavy (non-hydrogen) atoms. The summed E-state index contributed by atoms with van der Waals surface area (Å²) >= 11 is 0. The molecule has 1 N–H and O–H groups in total. The van der Waals surface area contributed by atoms with Crippen molar-refractivity contribution in [1.82, 2.24) is 4.90 Å². The molecule has 2 aromatic rings. The first-order valence-corrected chi connectivity index (χ1v) is 11.2. The van der Waals surface area contributed by atoms with E-state index in [1.807, 2.05) is 30.3 Å². The monoisotopic (exact) mass is 466 g/mol. The standard InChI is InChI=1S/C25H30N4O5/c1-28(25(31)4-3-13-34-22-10-5-19(17-26)16-23(22)32-2)18-24(30)27-20-6-8-21(9-7-20)29-11-14-33-15-12-29/h5-10,16H,3-4,11-15,18H2,1-2H3,(H,27,30). The highest BCUT2D eigenvalue weighted by Gasteiger charge is 2.15. The Labute approximate surface area is 199 Å². The second kappa shape index (κ2) is 12.5. The van der Waals surface area contributed by atoms with Gasteiger partial charge in [-0.05, 0) is 42.8 Å². The number of benzene rings is 2. The summed E-state index contributed by atoms with van der Waals surface area (Å²) < 4.78 is 16.3. The number of ether oxygens (including phenoxy) is 3. The van der Waals surface area contributed by atoms with Crippen LogP contribution < -0.4 is 19.7 Å². The first-order chi connectivity index (χ1) is 16.5. The second-order valence-corrected chi connectivity index (χ2v) is 7.87. The van der Waals surface area contributed by atoms with Crippen LogP contribution in [0.4, 0.5) is 11.4 Å². The molecule has 1 aliphatic heterocycles. The van der Waals surface area contributed by atoms with E-state index in [0.717, 1.165) is 18.8 Å². The number of carbonyl (C=O) groups excluding carboxylic acids is 2. The molecule has 1 saturated heterocycles. The summed E-state index contributed by atoms with van der Waals surface area (Å²) in [6.07, 6.45) is 0.730. The summed E-state index contributed by atoms with van der Waals surface area (Å²) in [6, 6.07) is 14.6. The molecule has 0 saturated carbocycles. The average Bonchev–Trinajstić information content (AvgIpc) is 2.87. The van der Waals surface area contributed by atoms with Crippen LogP contribution in [0.1, 0.15) is 18.4 Å². The molecule has 0 unspecified atom stereocenters. The van der Waals surface area contributed by atoms with Crippen LogP contribution in [0, 0.1) is 11.3 Å². The number of hydrogen-bond donors (Lipinski definition) is 1. The molecule has 0 bridgehead atoms. The van der Waals surface area contributed by atoms with Crippen molar-refractivity contribution in [2.24, 2.45) is 0 Å². The summed E-state index contributed by atoms with van der Waals surface area (Å²) in [5.74, 6) is 0.584. The number of likely N-dealkylation sites (N-methyl/N-ethyl adjacent to an activating group) is 1. The van der Waals surface area contributed by atoms with Crippen LogP contribution in [0.2, 0.25) is 0 Å². The topological polar surface area (TPSA) is 104 Å². The molecule has 9 heteroatoms. The van der Waals surface area contributed by atoms with E-state index >= 15 is 0 Å². The summed E-state index contributed by atoms with van der Waals surface area (Å²) in [7, 11) is 3.11. The van der Waals surface area contributed by atoms with Gasteiger partial charge in [-0.15, -0.1) is 0 Å². The van der Waals surface area contributed by atoms with Crippen LogP contribution in [0.3, 0.4) is 0 Å². The van der Waals surface area contributed by atoms with E-state index < -0.39 is 0 Å². The lowest BCUT2D eigenvalue weighted by Crippen LogP contribution is -2.36. The fourth-order valence-corrected chi connectivity index (χ4v) is 3.53. The van der Waals surface area contributed by atoms with Gasteiger partial charge in [-0.3, -0.25) is 9.59 Å². The molecule has 0 radical (unpaired) electrons. The minimum absolute atomic E-state index is 0.0334. The molecule has 2 aromatic carbocycles. The van der Waals surface area contributed by atoms with Gasteiger partial charge < -0.3 is 29.3 Å². The Morgan fingerprint density at radius 3 is 2.56 bits per heavy atom. The van der Waals surface area contributed by atoms with Crippen LogP contribution in [0.15, 0.2) is 42.5 Å². The predicted octanol–water partition coefficient (Wildman–Crippen LogP) is 2.66. The number of carbonyl (C=O) groups is 2. The van der Waals surface area contributed by atoms with Gasteiger partial charge in [0.05, 0.1) is 45.1 Å². The number of hydrogen-bond acceptors (Lipinski definition) is 7. The van der Waals surface area contributed by atoms with Gasteiger partial charge in [0, 0.05) is 44.0 Å². The van der Waals surface area contributed by atoms with Gasteiger partial charge >= 0.3 is 0 Å². The van der Waals surface area contributed by atoms with E-state index in [0.29, 0.717) is 49.0 Å². The summed E-state index contributed by atoms with van der Waals surface area (Å²) in [4.78, 5) is 28.4. The van der Waals surface area contributed by atoms with Gasteiger partial charge in [0.15, 0.2) is 11.5 Å². The van der Waals surface area contributed by atoms with E-state index in [2.05, 4.69) is 10.2 Å². The highest BCUT2D eigenvalue weighted by molar-refractivity contribution is 5.94. The Morgan fingerprint density at radius 1 is 1.15 bits per heavy atom. The minimum atomic E-state index is -0.256. The fraction of sp³-hybridized carbons (Fsp3) is 0.400. The summed E-state index contributed by atoms with van der Waals surface area (Å²) in [6.45, 7) is 3.41. The average molecular weight is 467 g/mol. The van der Waals surface area contributed by atoms with Crippen molar-refractivity contribution in [2.75, 3.05) is 63.8 Å². The molecule has 0 atom stereocenters. The lowest BCUT2D eigenvalue weighted by molar-refractivity contribution is -0.133. The van der Waals surface area contributed by atoms with Crippen molar-refractivity contribution in [3.8, 4) is 17.6 Å². The first-order valence-electron chi connectivity index (χ1n) is 11.2. The molecule has 180 valence electrons. The van der Waals surface area contributed by atoms with E-state index in [1.54, 1.807) is 25.2 Å². The smallest absolute Gasteiger partial charge is 0.243 e. The minimum Gasteiger partial charge on any atom is -0.493 e. The van der Waals surface area contributed by atoms with Gasteiger partial charge in [-0.25, -0.2) is 0 Å². The van der Waals surface area contributed by atoms with Crippen molar-refractivity contribution in [3.63, 3.8) is 0 Å². The van der Waals surface area contributed by atoms with Gasteiger partial charge in [0.25, 0.3) is 0 Å². The van der Waals surface area contributed by atoms with Crippen molar-refractivity contribution < 1.29 is 23.8 Å². The molecular formula is C25H30N4O5. The zero-order chi connectivity index (χ0) is 24.3. The zero-order valence-electron chi connectivity index (χ0n) is 19.6. The Bertz CT molecular complexity index is 1010. The van der Waals surface area contributed by atoms with Crippen molar-refractivity contribution in [2.45, 2.75) is 12.8 Å². The maximum Gasteiger partial charge on any atom is 0.243 e. The van der Waals surface area contributed by atoms with Gasteiger partial charge in [0.1, 0.15) is 0 Å². The number of methoxy groups -OCH3 is 1. The summed E-state index contributed by atoms with van der Waals surface area (Å²) in [5.41, 5.74) is 2.26. The van der Waals surface area contributed by atoms with Gasteiger partial charge in [-0.1, -0.05) is 0 Å². The molecule has 2 amide bonds. The molecule has 0 aromatic heterocycles. The number of anilines is 2. The molecule has 0 aliphatic carbocycles. The molecule has 9 nitrogen and oxygen atoms in total. The number of nitriles is 1. The predicted molar refractivity (Wildman–Crippen MR) is 128 cm³/mol. The zero-order valence-corrected chi connectivity index (χ0v) is 19.6. The lowest BCUT2D eigenvalue weighted by atomic mass is 10.2. The quantitative estimate of drug-likeness (QED) is 0.537. The molecular weight excluding hydrogens is 436 g/mol. The molecule has 1 aliphatic rings. The lowest BCUT2D eigenvalue weighted by Gasteiger charge is -2.28. The second-order valence-electron chi connectivity index (χ2n) is 7.87. The molecule has 0 spiro atoms.